The minimum atomic E-state index is -0.459. The smallest absolute Gasteiger partial charge is 0.280 e. The number of aromatic nitrogens is 4. The molecule has 6 aromatic rings. The summed E-state index contributed by atoms with van der Waals surface area (Å²) < 4.78 is 8.39. The van der Waals surface area contributed by atoms with E-state index in [4.69, 9.17) is 4.74 Å². The van der Waals surface area contributed by atoms with Crippen LogP contribution in [0.3, 0.4) is 0 Å². The van der Waals surface area contributed by atoms with Crippen LogP contribution in [0.25, 0.3) is 38.4 Å². The van der Waals surface area contributed by atoms with Crippen LogP contribution in [-0.4, -0.2) is 31.8 Å². The summed E-state index contributed by atoms with van der Waals surface area (Å²) in [6.45, 7) is -0.236. The van der Waals surface area contributed by atoms with E-state index < -0.39 is 11.5 Å². The highest BCUT2D eigenvalue weighted by Crippen LogP contribution is 2.24. The standard InChI is InChI=1S/C27H19N5O3/c33-25(17-35-21-11-10-18-6-4-5-9-20(18)14-21)30-31-13-12-24-23(27(31)34)15-28-26-22(16-29-32(24)26)19-7-2-1-3-8-19/h1-16H,17H2,(H,30,33). The van der Waals surface area contributed by atoms with E-state index in [1.54, 1.807) is 16.8 Å². The summed E-state index contributed by atoms with van der Waals surface area (Å²) in [5, 5.41) is 6.87. The van der Waals surface area contributed by atoms with Gasteiger partial charge in [-0.1, -0.05) is 60.7 Å². The molecule has 3 aromatic heterocycles. The Balaban J connectivity index is 1.24. The van der Waals surface area contributed by atoms with Crippen molar-refractivity contribution in [1.82, 2.24) is 19.3 Å². The van der Waals surface area contributed by atoms with E-state index in [1.807, 2.05) is 72.8 Å². The van der Waals surface area contributed by atoms with Crippen LogP contribution in [0.1, 0.15) is 0 Å². The molecule has 1 amide bonds. The monoisotopic (exact) mass is 461 g/mol. The molecule has 0 radical (unpaired) electrons. The Morgan fingerprint density at radius 2 is 1.71 bits per heavy atom. The van der Waals surface area contributed by atoms with Crippen molar-refractivity contribution in [1.29, 1.82) is 0 Å². The van der Waals surface area contributed by atoms with E-state index >= 15 is 0 Å². The number of nitrogens with one attached hydrogen (secondary N) is 1. The van der Waals surface area contributed by atoms with Gasteiger partial charge in [-0.25, -0.2) is 14.2 Å². The fraction of sp³-hybridized carbons (Fsp3) is 0.0370. The Morgan fingerprint density at radius 1 is 0.914 bits per heavy atom. The average molecular weight is 461 g/mol. The van der Waals surface area contributed by atoms with Gasteiger partial charge in [0.15, 0.2) is 12.3 Å². The molecule has 6 rings (SSSR count). The van der Waals surface area contributed by atoms with Crippen LogP contribution >= 0.6 is 0 Å². The van der Waals surface area contributed by atoms with Crippen LogP contribution in [0.2, 0.25) is 0 Å². The van der Waals surface area contributed by atoms with E-state index in [0.717, 1.165) is 26.6 Å². The third kappa shape index (κ3) is 3.76. The first-order valence-corrected chi connectivity index (χ1v) is 11.0. The van der Waals surface area contributed by atoms with E-state index in [1.165, 1.54) is 12.4 Å². The third-order valence-corrected chi connectivity index (χ3v) is 5.82. The molecule has 0 aliphatic carbocycles. The molecule has 0 atom stereocenters. The molecule has 0 saturated carbocycles. The Kier molecular flexibility index (Phi) is 4.96. The van der Waals surface area contributed by atoms with Crippen molar-refractivity contribution in [3.63, 3.8) is 0 Å². The molecule has 170 valence electrons. The summed E-state index contributed by atoms with van der Waals surface area (Å²) >= 11 is 0. The Morgan fingerprint density at radius 3 is 2.57 bits per heavy atom. The van der Waals surface area contributed by atoms with Crippen LogP contribution in [0.15, 0.2) is 102 Å². The number of ether oxygens (including phenoxy) is 1. The van der Waals surface area contributed by atoms with Crippen molar-refractivity contribution in [3.8, 4) is 16.9 Å². The molecular weight excluding hydrogens is 442 g/mol. The summed E-state index contributed by atoms with van der Waals surface area (Å²) in [6.07, 6.45) is 4.74. The molecule has 3 heterocycles. The number of amides is 1. The number of nitrogens with zero attached hydrogens (tertiary/aromatic N) is 4. The first-order valence-electron chi connectivity index (χ1n) is 11.0. The van der Waals surface area contributed by atoms with Crippen molar-refractivity contribution in [3.05, 3.63) is 108 Å². The van der Waals surface area contributed by atoms with Gasteiger partial charge >= 0.3 is 0 Å². The Bertz CT molecular complexity index is 1770. The molecule has 0 aliphatic heterocycles. The maximum atomic E-state index is 13.0. The molecule has 3 aromatic carbocycles. The second-order valence-corrected chi connectivity index (χ2v) is 8.04. The molecule has 8 nitrogen and oxygen atoms in total. The zero-order chi connectivity index (χ0) is 23.8. The predicted octanol–water partition coefficient (Wildman–Crippen LogP) is 4.01. The van der Waals surface area contributed by atoms with Crippen molar-refractivity contribution >= 4 is 33.2 Å². The number of pyridine rings is 1. The Labute approximate surface area is 199 Å². The molecule has 0 spiro atoms. The lowest BCUT2D eigenvalue weighted by molar-refractivity contribution is -0.119. The quantitative estimate of drug-likeness (QED) is 0.419. The lowest BCUT2D eigenvalue weighted by Gasteiger charge is -2.11. The largest absolute Gasteiger partial charge is 0.484 e. The van der Waals surface area contributed by atoms with E-state index in [9.17, 15) is 9.59 Å². The van der Waals surface area contributed by atoms with Gasteiger partial charge in [-0.3, -0.25) is 15.0 Å². The van der Waals surface area contributed by atoms with Gasteiger partial charge in [0, 0.05) is 18.0 Å². The summed E-state index contributed by atoms with van der Waals surface area (Å²) in [5.74, 6) is 0.114. The molecular formula is C27H19N5O3. The second kappa shape index (κ2) is 8.42. The summed E-state index contributed by atoms with van der Waals surface area (Å²) in [6, 6.07) is 25.0. The first kappa shape index (κ1) is 20.6. The molecule has 0 fully saturated rings. The van der Waals surface area contributed by atoms with Crippen LogP contribution in [0.4, 0.5) is 0 Å². The van der Waals surface area contributed by atoms with Gasteiger partial charge < -0.3 is 4.74 Å². The number of carbonyl (C=O) groups is 1. The Hall–Kier alpha value is -4.98. The maximum absolute atomic E-state index is 13.0. The van der Waals surface area contributed by atoms with E-state index in [-0.39, 0.29) is 6.61 Å². The molecule has 0 saturated heterocycles. The van der Waals surface area contributed by atoms with Gasteiger partial charge in [0.1, 0.15) is 5.75 Å². The SMILES string of the molecule is O=C(COc1ccc2ccccc2c1)Nn1ccc2c(cnc3c(-c4ccccc4)cnn32)c1=O. The lowest BCUT2D eigenvalue weighted by Crippen LogP contribution is -2.35. The number of fused-ring (bicyclic) bond motifs is 4. The van der Waals surface area contributed by atoms with E-state index in [0.29, 0.717) is 22.3 Å². The third-order valence-electron chi connectivity index (χ3n) is 5.82. The van der Waals surface area contributed by atoms with Gasteiger partial charge in [-0.15, -0.1) is 0 Å². The zero-order valence-electron chi connectivity index (χ0n) is 18.5. The summed E-state index contributed by atoms with van der Waals surface area (Å²) in [7, 11) is 0. The minimum Gasteiger partial charge on any atom is -0.484 e. The topological polar surface area (TPSA) is 90.5 Å². The highest BCUT2D eigenvalue weighted by Gasteiger charge is 2.14. The average Bonchev–Trinajstić information content (AvgIpc) is 3.34. The summed E-state index contributed by atoms with van der Waals surface area (Å²) in [4.78, 5) is 30.0. The number of hydrogen-bond donors (Lipinski definition) is 1. The van der Waals surface area contributed by atoms with Crippen molar-refractivity contribution in [2.75, 3.05) is 12.0 Å². The first-order chi connectivity index (χ1) is 17.2. The van der Waals surface area contributed by atoms with Gasteiger partial charge in [-0.2, -0.15) is 5.10 Å². The van der Waals surface area contributed by atoms with Crippen molar-refractivity contribution in [2.45, 2.75) is 0 Å². The highest BCUT2D eigenvalue weighted by atomic mass is 16.5. The van der Waals surface area contributed by atoms with Gasteiger partial charge in [0.2, 0.25) is 0 Å². The normalized spacial score (nSPS) is 11.2. The van der Waals surface area contributed by atoms with Crippen LogP contribution in [-0.2, 0) is 4.79 Å². The molecule has 1 N–H and O–H groups in total. The maximum Gasteiger partial charge on any atom is 0.280 e. The van der Waals surface area contributed by atoms with Crippen molar-refractivity contribution < 1.29 is 9.53 Å². The zero-order valence-corrected chi connectivity index (χ0v) is 18.5. The fourth-order valence-electron chi connectivity index (χ4n) is 4.10. The molecule has 0 unspecified atom stereocenters. The minimum absolute atomic E-state index is 0.236. The number of hydrogen-bond acceptors (Lipinski definition) is 5. The molecule has 8 heteroatoms. The van der Waals surface area contributed by atoms with Crippen LogP contribution in [0, 0.1) is 0 Å². The lowest BCUT2D eigenvalue weighted by atomic mass is 10.1. The van der Waals surface area contributed by atoms with E-state index in [2.05, 4.69) is 15.5 Å². The molecule has 0 bridgehead atoms. The highest BCUT2D eigenvalue weighted by molar-refractivity contribution is 5.88. The fourth-order valence-corrected chi connectivity index (χ4v) is 4.10. The van der Waals surface area contributed by atoms with Gasteiger partial charge in [-0.05, 0) is 34.5 Å². The van der Waals surface area contributed by atoms with Crippen LogP contribution < -0.4 is 15.7 Å². The number of rotatable bonds is 5. The number of benzene rings is 3. The van der Waals surface area contributed by atoms with Crippen LogP contribution in [0.5, 0.6) is 5.75 Å². The van der Waals surface area contributed by atoms with Gasteiger partial charge in [0.25, 0.3) is 11.5 Å². The summed E-state index contributed by atoms with van der Waals surface area (Å²) in [5.41, 5.74) is 5.26. The predicted molar refractivity (Wildman–Crippen MR) is 134 cm³/mol. The molecule has 0 aliphatic rings. The number of carbonyl (C=O) groups excluding carboxylic acids is 1. The molecule has 35 heavy (non-hydrogen) atoms. The van der Waals surface area contributed by atoms with Gasteiger partial charge in [0.05, 0.1) is 17.1 Å². The second-order valence-electron chi connectivity index (χ2n) is 8.04. The van der Waals surface area contributed by atoms with Crippen molar-refractivity contribution in [2.24, 2.45) is 0 Å².